The minimum atomic E-state index is -0.400. The Hall–Kier alpha value is -4.15. The van der Waals surface area contributed by atoms with E-state index in [1.807, 2.05) is 0 Å². The first-order chi connectivity index (χ1) is 15.1. The molecule has 0 bridgehead atoms. The third-order valence-corrected chi connectivity index (χ3v) is 4.60. The minimum absolute atomic E-state index is 0.0191. The smallest absolute Gasteiger partial charge is 0.271 e. The van der Waals surface area contributed by atoms with Gasteiger partial charge in [0.15, 0.2) is 11.5 Å². The monoisotopic (exact) mass is 420 g/mol. The molecule has 1 aliphatic rings. The van der Waals surface area contributed by atoms with Crippen LogP contribution in [-0.2, 0) is 4.79 Å². The molecule has 1 aromatic carbocycles. The Morgan fingerprint density at radius 1 is 0.935 bits per heavy atom. The fourth-order valence-electron chi connectivity index (χ4n) is 2.73. The molecule has 1 aliphatic carbocycles. The number of benzene rings is 1. The molecule has 158 valence electrons. The molecule has 0 unspecified atom stereocenters. The number of nitrogens with one attached hydrogen (secondary N) is 3. The van der Waals surface area contributed by atoms with Gasteiger partial charge in [0.25, 0.3) is 11.8 Å². The third kappa shape index (κ3) is 5.26. The molecule has 0 radical (unpaired) electrons. The van der Waals surface area contributed by atoms with Crippen molar-refractivity contribution in [2.24, 2.45) is 5.92 Å². The van der Waals surface area contributed by atoms with Crippen LogP contribution in [0.2, 0.25) is 0 Å². The first-order valence-corrected chi connectivity index (χ1v) is 9.76. The maximum atomic E-state index is 12.2. The van der Waals surface area contributed by atoms with Gasteiger partial charge in [-0.05, 0) is 49.2 Å². The van der Waals surface area contributed by atoms with Crippen molar-refractivity contribution in [3.05, 3.63) is 60.3 Å². The van der Waals surface area contributed by atoms with Gasteiger partial charge in [-0.25, -0.2) is 9.67 Å². The van der Waals surface area contributed by atoms with Gasteiger partial charge in [0.05, 0.1) is 0 Å². The van der Waals surface area contributed by atoms with E-state index in [0.717, 1.165) is 12.8 Å². The van der Waals surface area contributed by atoms with Crippen LogP contribution in [0.4, 0.5) is 5.69 Å². The molecule has 0 spiro atoms. The first-order valence-electron chi connectivity index (χ1n) is 9.76. The summed E-state index contributed by atoms with van der Waals surface area (Å²) < 4.78 is 1.43. The molecule has 1 saturated carbocycles. The van der Waals surface area contributed by atoms with Gasteiger partial charge in [-0.2, -0.15) is 5.10 Å². The van der Waals surface area contributed by atoms with Crippen molar-refractivity contribution in [1.82, 2.24) is 35.6 Å². The summed E-state index contributed by atoms with van der Waals surface area (Å²) in [5.74, 6) is -0.0881. The van der Waals surface area contributed by atoms with Crippen molar-refractivity contribution in [3.8, 4) is 5.82 Å². The first kappa shape index (κ1) is 20.1. The van der Waals surface area contributed by atoms with E-state index in [0.29, 0.717) is 17.1 Å². The number of nitrogens with zero attached hydrogens (tertiary/aromatic N) is 5. The van der Waals surface area contributed by atoms with Crippen LogP contribution in [0.3, 0.4) is 0 Å². The Morgan fingerprint density at radius 3 is 2.29 bits per heavy atom. The number of hydrogen-bond donors (Lipinski definition) is 3. The molecular weight excluding hydrogens is 400 g/mol. The normalized spacial score (nSPS) is 12.8. The second-order valence-electron chi connectivity index (χ2n) is 6.97. The van der Waals surface area contributed by atoms with E-state index in [1.165, 1.54) is 23.4 Å². The average molecular weight is 420 g/mol. The fourth-order valence-corrected chi connectivity index (χ4v) is 2.73. The van der Waals surface area contributed by atoms with Crippen molar-refractivity contribution >= 4 is 23.4 Å². The average Bonchev–Trinajstić information content (AvgIpc) is 3.51. The van der Waals surface area contributed by atoms with Gasteiger partial charge in [-0.1, -0.05) is 0 Å². The van der Waals surface area contributed by atoms with E-state index in [1.54, 1.807) is 30.3 Å². The van der Waals surface area contributed by atoms with Gasteiger partial charge in [0.1, 0.15) is 12.7 Å². The highest BCUT2D eigenvalue weighted by Gasteiger charge is 2.29. The van der Waals surface area contributed by atoms with Gasteiger partial charge >= 0.3 is 0 Å². The molecule has 11 heteroatoms. The quantitative estimate of drug-likeness (QED) is 0.452. The van der Waals surface area contributed by atoms with E-state index in [4.69, 9.17) is 0 Å². The molecule has 31 heavy (non-hydrogen) atoms. The van der Waals surface area contributed by atoms with Crippen LogP contribution in [0.1, 0.15) is 33.7 Å². The zero-order valence-corrected chi connectivity index (χ0v) is 16.5. The van der Waals surface area contributed by atoms with Crippen molar-refractivity contribution in [3.63, 3.8) is 0 Å². The van der Waals surface area contributed by atoms with Crippen molar-refractivity contribution in [1.29, 1.82) is 0 Å². The maximum absolute atomic E-state index is 12.2. The topological polar surface area (TPSA) is 144 Å². The predicted molar refractivity (Wildman–Crippen MR) is 109 cm³/mol. The van der Waals surface area contributed by atoms with E-state index in [-0.39, 0.29) is 36.5 Å². The minimum Gasteiger partial charge on any atom is -0.350 e. The number of amides is 3. The summed E-state index contributed by atoms with van der Waals surface area (Å²) in [4.78, 5) is 39.9. The number of rotatable bonds is 8. The van der Waals surface area contributed by atoms with Crippen LogP contribution < -0.4 is 16.0 Å². The molecule has 4 rings (SSSR count). The lowest BCUT2D eigenvalue weighted by Gasteiger charge is -2.08. The molecule has 2 aromatic heterocycles. The molecule has 3 N–H and O–H groups in total. The van der Waals surface area contributed by atoms with Crippen LogP contribution in [0.5, 0.6) is 0 Å². The summed E-state index contributed by atoms with van der Waals surface area (Å²) in [6, 6.07) is 9.80. The number of carbonyl (C=O) groups excluding carboxylic acids is 3. The van der Waals surface area contributed by atoms with E-state index >= 15 is 0 Å². The number of anilines is 1. The highest BCUT2D eigenvalue weighted by atomic mass is 16.2. The van der Waals surface area contributed by atoms with Crippen molar-refractivity contribution in [2.45, 2.75) is 12.8 Å². The lowest BCUT2D eigenvalue weighted by molar-refractivity contribution is -0.117. The van der Waals surface area contributed by atoms with Crippen LogP contribution >= 0.6 is 0 Å². The second kappa shape index (κ2) is 9.11. The molecule has 1 fully saturated rings. The Bertz CT molecular complexity index is 1060. The van der Waals surface area contributed by atoms with Gasteiger partial charge in [0.2, 0.25) is 5.91 Å². The number of aromatic nitrogens is 5. The van der Waals surface area contributed by atoms with Gasteiger partial charge < -0.3 is 16.0 Å². The molecule has 3 aromatic rings. The van der Waals surface area contributed by atoms with E-state index < -0.39 is 5.91 Å². The summed E-state index contributed by atoms with van der Waals surface area (Å²) in [6.45, 7) is 0.474. The fraction of sp³-hybridized carbons (Fsp3) is 0.250. The molecule has 11 nitrogen and oxygen atoms in total. The van der Waals surface area contributed by atoms with Gasteiger partial charge in [-0.15, -0.1) is 10.2 Å². The molecule has 0 atom stereocenters. The second-order valence-corrected chi connectivity index (χ2v) is 6.97. The zero-order chi connectivity index (χ0) is 21.6. The summed E-state index contributed by atoms with van der Waals surface area (Å²) in [5, 5.41) is 20.0. The van der Waals surface area contributed by atoms with Crippen LogP contribution in [0.25, 0.3) is 5.82 Å². The number of carbonyl (C=O) groups is 3. The number of hydrogen-bond acceptors (Lipinski definition) is 7. The Labute approximate surface area is 177 Å². The molecule has 0 saturated heterocycles. The van der Waals surface area contributed by atoms with Crippen LogP contribution in [0.15, 0.2) is 49.1 Å². The predicted octanol–water partition coefficient (Wildman–Crippen LogP) is 0.566. The lowest BCUT2D eigenvalue weighted by atomic mass is 10.2. The van der Waals surface area contributed by atoms with E-state index in [2.05, 4.69) is 36.2 Å². The van der Waals surface area contributed by atoms with E-state index in [9.17, 15) is 14.4 Å². The molecule has 3 amide bonds. The lowest BCUT2D eigenvalue weighted by Crippen LogP contribution is -2.35. The molecule has 0 aliphatic heterocycles. The summed E-state index contributed by atoms with van der Waals surface area (Å²) >= 11 is 0. The van der Waals surface area contributed by atoms with Crippen molar-refractivity contribution in [2.75, 3.05) is 18.4 Å². The molecular formula is C20H20N8O3. The summed E-state index contributed by atoms with van der Waals surface area (Å²) in [7, 11) is 0. The third-order valence-electron chi connectivity index (χ3n) is 4.60. The highest BCUT2D eigenvalue weighted by Crippen LogP contribution is 2.30. The SMILES string of the molecule is O=C(NCCNC(=O)c1ccc(-n2cncn2)nn1)c1ccc(NC(=O)C2CC2)cc1. The van der Waals surface area contributed by atoms with Crippen LogP contribution in [-0.4, -0.2) is 55.8 Å². The Morgan fingerprint density at radius 2 is 1.68 bits per heavy atom. The largest absolute Gasteiger partial charge is 0.350 e. The standard InChI is InChI=1S/C20H20N8O3/c29-18(13-3-5-15(6-4-13)25-19(30)14-1-2-14)22-9-10-23-20(31)16-7-8-17(27-26-16)28-12-21-11-24-28/h3-8,11-12,14H,1-2,9-10H2,(H,22,29)(H,23,31)(H,25,30). The Balaban J connectivity index is 1.19. The summed E-state index contributed by atoms with van der Waals surface area (Å²) in [5.41, 5.74) is 1.28. The van der Waals surface area contributed by atoms with Gasteiger partial charge in [0, 0.05) is 30.3 Å². The maximum Gasteiger partial charge on any atom is 0.271 e. The Kier molecular flexibility index (Phi) is 5.92. The zero-order valence-electron chi connectivity index (χ0n) is 16.5. The summed E-state index contributed by atoms with van der Waals surface area (Å²) in [6.07, 6.45) is 4.72. The van der Waals surface area contributed by atoms with Crippen molar-refractivity contribution < 1.29 is 14.4 Å². The van der Waals surface area contributed by atoms with Crippen LogP contribution in [0, 0.1) is 5.92 Å². The van der Waals surface area contributed by atoms with Gasteiger partial charge in [-0.3, -0.25) is 14.4 Å². The molecule has 2 heterocycles. The highest BCUT2D eigenvalue weighted by molar-refractivity contribution is 5.97.